The average molecular weight is 542 g/mol. The second kappa shape index (κ2) is 11.0. The Balaban J connectivity index is 1.48. The number of benzene rings is 3. The highest BCUT2D eigenvalue weighted by molar-refractivity contribution is 7.92. The molecule has 0 spiro atoms. The quantitative estimate of drug-likeness (QED) is 0.222. The van der Waals surface area contributed by atoms with E-state index in [1.165, 1.54) is 18.3 Å². The lowest BCUT2D eigenvalue weighted by atomic mass is 10.2. The van der Waals surface area contributed by atoms with E-state index in [0.717, 1.165) is 9.87 Å². The minimum Gasteiger partial charge on any atom is -0.455 e. The second-order valence-electron chi connectivity index (χ2n) is 7.78. The lowest BCUT2D eigenvalue weighted by molar-refractivity contribution is -0.119. The first-order chi connectivity index (χ1) is 17.2. The number of nitrogens with zero attached hydrogens (tertiary/aromatic N) is 2. The van der Waals surface area contributed by atoms with Crippen LogP contribution in [0.2, 0.25) is 10.0 Å². The Morgan fingerprint density at radius 1 is 1.00 bits per heavy atom. The van der Waals surface area contributed by atoms with Crippen LogP contribution in [0.25, 0.3) is 11.3 Å². The zero-order chi connectivity index (χ0) is 25.7. The number of furan rings is 1. The van der Waals surface area contributed by atoms with Crippen molar-refractivity contribution < 1.29 is 17.6 Å². The minimum atomic E-state index is -4.00. The van der Waals surface area contributed by atoms with E-state index >= 15 is 0 Å². The van der Waals surface area contributed by atoms with Crippen molar-refractivity contribution in [3.8, 4) is 11.3 Å². The topological polar surface area (TPSA) is 92.0 Å². The predicted octanol–water partition coefficient (Wildman–Crippen LogP) is 5.91. The molecule has 0 bridgehead atoms. The summed E-state index contributed by atoms with van der Waals surface area (Å²) in [5, 5.41) is 4.85. The molecule has 0 radical (unpaired) electrons. The fraction of sp³-hybridized carbons (Fsp3) is 0.0769. The predicted molar refractivity (Wildman–Crippen MR) is 142 cm³/mol. The normalized spacial score (nSPS) is 11.5. The van der Waals surface area contributed by atoms with Crippen molar-refractivity contribution in [2.75, 3.05) is 10.8 Å². The summed E-state index contributed by atoms with van der Waals surface area (Å²) in [4.78, 5) is 12.7. The SMILES string of the molecule is Cc1ccc(S(=O)(=O)N(CC(=O)N/N=C\c2ccc(-c3ccc(Cl)cc3Cl)o2)c2ccccc2)cc1. The van der Waals surface area contributed by atoms with E-state index in [2.05, 4.69) is 10.5 Å². The Morgan fingerprint density at radius 2 is 1.72 bits per heavy atom. The Hall–Kier alpha value is -3.59. The molecule has 7 nitrogen and oxygen atoms in total. The summed E-state index contributed by atoms with van der Waals surface area (Å²) in [5.41, 5.74) is 4.29. The largest absolute Gasteiger partial charge is 0.455 e. The maximum Gasteiger partial charge on any atom is 0.264 e. The smallest absolute Gasteiger partial charge is 0.264 e. The molecule has 0 saturated heterocycles. The van der Waals surface area contributed by atoms with Gasteiger partial charge in [-0.3, -0.25) is 9.10 Å². The van der Waals surface area contributed by atoms with Crippen LogP contribution in [0.15, 0.2) is 99.3 Å². The monoisotopic (exact) mass is 541 g/mol. The van der Waals surface area contributed by atoms with E-state index in [9.17, 15) is 13.2 Å². The second-order valence-corrected chi connectivity index (χ2v) is 10.5. The molecule has 0 fully saturated rings. The molecular weight excluding hydrogens is 521 g/mol. The maximum absolute atomic E-state index is 13.3. The molecule has 0 aliphatic rings. The lowest BCUT2D eigenvalue weighted by Crippen LogP contribution is -2.39. The number of nitrogens with one attached hydrogen (secondary N) is 1. The summed E-state index contributed by atoms with van der Waals surface area (Å²) in [6.07, 6.45) is 1.31. The third-order valence-corrected chi connectivity index (χ3v) is 7.48. The number of amides is 1. The number of hydrogen-bond donors (Lipinski definition) is 1. The zero-order valence-corrected chi connectivity index (χ0v) is 21.4. The number of anilines is 1. The molecule has 1 amide bonds. The highest BCUT2D eigenvalue weighted by atomic mass is 35.5. The fourth-order valence-electron chi connectivity index (χ4n) is 3.34. The van der Waals surface area contributed by atoms with Crippen molar-refractivity contribution in [3.05, 3.63) is 106 Å². The standard InChI is InChI=1S/C26H21Cl2N3O4S/c1-18-7-11-22(12-8-18)36(33,34)31(20-5-3-2-4-6-20)17-26(32)30-29-16-21-10-14-25(35-21)23-13-9-19(27)15-24(23)28/h2-16H,17H2,1H3,(H,30,32)/b29-16-. The summed E-state index contributed by atoms with van der Waals surface area (Å²) in [6.45, 7) is 1.39. The molecule has 184 valence electrons. The number of carbonyl (C=O) groups excluding carboxylic acids is 1. The van der Waals surface area contributed by atoms with Gasteiger partial charge in [-0.2, -0.15) is 5.10 Å². The third-order valence-electron chi connectivity index (χ3n) is 5.14. The zero-order valence-electron chi connectivity index (χ0n) is 19.1. The van der Waals surface area contributed by atoms with Crippen LogP contribution >= 0.6 is 23.2 Å². The molecular formula is C26H21Cl2N3O4S. The summed E-state index contributed by atoms with van der Waals surface area (Å²) >= 11 is 12.2. The summed E-state index contributed by atoms with van der Waals surface area (Å²) in [7, 11) is -4.00. The van der Waals surface area contributed by atoms with Crippen LogP contribution in [0.3, 0.4) is 0 Å². The van der Waals surface area contributed by atoms with Crippen LogP contribution in [-0.4, -0.2) is 27.1 Å². The number of para-hydroxylation sites is 1. The van der Waals surface area contributed by atoms with Crippen molar-refractivity contribution in [2.45, 2.75) is 11.8 Å². The number of aryl methyl sites for hydroxylation is 1. The number of halogens is 2. The van der Waals surface area contributed by atoms with Gasteiger partial charge in [0.1, 0.15) is 18.1 Å². The number of hydrogen-bond acceptors (Lipinski definition) is 5. The number of rotatable bonds is 8. The van der Waals surface area contributed by atoms with E-state index in [1.54, 1.807) is 72.8 Å². The van der Waals surface area contributed by atoms with E-state index < -0.39 is 22.5 Å². The van der Waals surface area contributed by atoms with Gasteiger partial charge in [0.25, 0.3) is 15.9 Å². The minimum absolute atomic E-state index is 0.0808. The summed E-state index contributed by atoms with van der Waals surface area (Å²) in [5.74, 6) is 0.241. The molecule has 10 heteroatoms. The highest BCUT2D eigenvalue weighted by Crippen LogP contribution is 2.31. The third kappa shape index (κ3) is 5.96. The van der Waals surface area contributed by atoms with Crippen molar-refractivity contribution >= 4 is 51.0 Å². The molecule has 4 rings (SSSR count). The molecule has 0 unspecified atom stereocenters. The first kappa shape index (κ1) is 25.5. The van der Waals surface area contributed by atoms with E-state index in [-0.39, 0.29) is 4.90 Å². The summed E-state index contributed by atoms with van der Waals surface area (Å²) < 4.78 is 33.4. The average Bonchev–Trinajstić information content (AvgIpc) is 3.32. The van der Waals surface area contributed by atoms with Gasteiger partial charge in [0.15, 0.2) is 0 Å². The van der Waals surface area contributed by atoms with Crippen molar-refractivity contribution in [2.24, 2.45) is 5.10 Å². The van der Waals surface area contributed by atoms with Gasteiger partial charge in [-0.15, -0.1) is 0 Å². The Labute approximate surface area is 219 Å². The maximum atomic E-state index is 13.3. The molecule has 1 N–H and O–H groups in total. The van der Waals surface area contributed by atoms with Gasteiger partial charge < -0.3 is 4.42 Å². The fourth-order valence-corrected chi connectivity index (χ4v) is 5.26. The van der Waals surface area contributed by atoms with Crippen molar-refractivity contribution in [1.82, 2.24) is 5.43 Å². The molecule has 4 aromatic rings. The van der Waals surface area contributed by atoms with Gasteiger partial charge in [-0.25, -0.2) is 13.8 Å². The Bertz CT molecular complexity index is 1500. The Kier molecular flexibility index (Phi) is 7.79. The van der Waals surface area contributed by atoms with E-state index in [0.29, 0.717) is 32.8 Å². The highest BCUT2D eigenvalue weighted by Gasteiger charge is 2.27. The summed E-state index contributed by atoms with van der Waals surface area (Å²) in [6, 6.07) is 23.2. The van der Waals surface area contributed by atoms with E-state index in [4.69, 9.17) is 27.6 Å². The van der Waals surface area contributed by atoms with Gasteiger partial charge in [0.05, 0.1) is 21.8 Å². The Morgan fingerprint density at radius 3 is 2.42 bits per heavy atom. The van der Waals surface area contributed by atoms with Crippen LogP contribution < -0.4 is 9.73 Å². The molecule has 1 heterocycles. The lowest BCUT2D eigenvalue weighted by Gasteiger charge is -2.23. The van der Waals surface area contributed by atoms with Gasteiger partial charge in [-0.1, -0.05) is 59.1 Å². The molecule has 0 aliphatic heterocycles. The van der Waals surface area contributed by atoms with Gasteiger partial charge in [0.2, 0.25) is 0 Å². The number of sulfonamides is 1. The number of carbonyl (C=O) groups is 1. The van der Waals surface area contributed by atoms with Crippen LogP contribution in [0.5, 0.6) is 0 Å². The molecule has 0 aliphatic carbocycles. The van der Waals surface area contributed by atoms with Gasteiger partial charge in [0, 0.05) is 10.6 Å². The van der Waals surface area contributed by atoms with Crippen molar-refractivity contribution in [1.29, 1.82) is 0 Å². The van der Waals surface area contributed by atoms with Crippen LogP contribution in [0.1, 0.15) is 11.3 Å². The molecule has 0 saturated carbocycles. The number of hydrazone groups is 1. The van der Waals surface area contributed by atoms with E-state index in [1.807, 2.05) is 6.92 Å². The van der Waals surface area contributed by atoms with Gasteiger partial charge in [-0.05, 0) is 61.5 Å². The molecule has 0 atom stereocenters. The first-order valence-corrected chi connectivity index (χ1v) is 13.0. The molecule has 3 aromatic carbocycles. The molecule has 36 heavy (non-hydrogen) atoms. The molecule has 1 aromatic heterocycles. The van der Waals surface area contributed by atoms with Crippen LogP contribution in [-0.2, 0) is 14.8 Å². The van der Waals surface area contributed by atoms with Crippen LogP contribution in [0.4, 0.5) is 5.69 Å². The van der Waals surface area contributed by atoms with Gasteiger partial charge >= 0.3 is 0 Å². The van der Waals surface area contributed by atoms with Crippen LogP contribution in [0, 0.1) is 6.92 Å². The first-order valence-electron chi connectivity index (χ1n) is 10.8. The van der Waals surface area contributed by atoms with Crippen molar-refractivity contribution in [3.63, 3.8) is 0 Å².